The van der Waals surface area contributed by atoms with Crippen LogP contribution in [0.4, 0.5) is 0 Å². The molecule has 0 aromatic heterocycles. The zero-order valence-corrected chi connectivity index (χ0v) is 15.5. The lowest BCUT2D eigenvalue weighted by molar-refractivity contribution is -0.126. The van der Waals surface area contributed by atoms with Gasteiger partial charge in [0, 0.05) is 37.7 Å². The Morgan fingerprint density at radius 2 is 1.88 bits per heavy atom. The lowest BCUT2D eigenvalue weighted by Gasteiger charge is -2.37. The summed E-state index contributed by atoms with van der Waals surface area (Å²) in [6.07, 6.45) is 0.919. The normalized spacial score (nSPS) is 16.8. The van der Waals surface area contributed by atoms with Crippen LogP contribution in [0.3, 0.4) is 0 Å². The van der Waals surface area contributed by atoms with Gasteiger partial charge in [-0.3, -0.25) is 14.5 Å². The van der Waals surface area contributed by atoms with Gasteiger partial charge in [0.2, 0.25) is 5.91 Å². The van der Waals surface area contributed by atoms with E-state index in [0.717, 1.165) is 6.42 Å². The molecule has 0 aliphatic carbocycles. The van der Waals surface area contributed by atoms with Crippen molar-refractivity contribution in [1.82, 2.24) is 15.1 Å². The van der Waals surface area contributed by atoms with E-state index in [1.54, 1.807) is 23.1 Å². The summed E-state index contributed by atoms with van der Waals surface area (Å²) >= 11 is 12.0. The van der Waals surface area contributed by atoms with E-state index in [-0.39, 0.29) is 17.9 Å². The fourth-order valence-electron chi connectivity index (χ4n) is 2.71. The Labute approximate surface area is 152 Å². The van der Waals surface area contributed by atoms with Gasteiger partial charge in [-0.05, 0) is 31.5 Å². The topological polar surface area (TPSA) is 52.7 Å². The Morgan fingerprint density at radius 3 is 2.46 bits per heavy atom. The number of benzene rings is 1. The van der Waals surface area contributed by atoms with Gasteiger partial charge in [-0.2, -0.15) is 0 Å². The first kappa shape index (κ1) is 19.0. The monoisotopic (exact) mass is 371 g/mol. The summed E-state index contributed by atoms with van der Waals surface area (Å²) < 4.78 is 0. The lowest BCUT2D eigenvalue weighted by Crippen LogP contribution is -2.55. The lowest BCUT2D eigenvalue weighted by atomic mass is 10.1. The first-order valence-corrected chi connectivity index (χ1v) is 8.95. The van der Waals surface area contributed by atoms with Crippen molar-refractivity contribution < 1.29 is 9.59 Å². The van der Waals surface area contributed by atoms with E-state index in [1.807, 2.05) is 13.8 Å². The standard InChI is InChI=1S/C17H23Cl2N3O2/c1-3-6-20-16(23)12(2)21-7-9-22(10-8-21)17(24)14-5-4-13(18)11-15(14)19/h4-5,11-12H,3,6-10H2,1-2H3,(H,20,23). The highest BCUT2D eigenvalue weighted by Crippen LogP contribution is 2.23. The summed E-state index contributed by atoms with van der Waals surface area (Å²) in [6, 6.07) is 4.71. The third-order valence-corrected chi connectivity index (χ3v) is 4.79. The minimum atomic E-state index is -0.187. The van der Waals surface area contributed by atoms with Crippen LogP contribution >= 0.6 is 23.2 Å². The molecular formula is C17H23Cl2N3O2. The van der Waals surface area contributed by atoms with Crippen molar-refractivity contribution in [3.05, 3.63) is 33.8 Å². The van der Waals surface area contributed by atoms with Crippen LogP contribution in [0.15, 0.2) is 18.2 Å². The highest BCUT2D eigenvalue weighted by atomic mass is 35.5. The molecule has 1 N–H and O–H groups in total. The number of halogens is 2. The van der Waals surface area contributed by atoms with Gasteiger partial charge >= 0.3 is 0 Å². The number of nitrogens with zero attached hydrogens (tertiary/aromatic N) is 2. The van der Waals surface area contributed by atoms with Gasteiger partial charge in [-0.1, -0.05) is 30.1 Å². The number of nitrogens with one attached hydrogen (secondary N) is 1. The van der Waals surface area contributed by atoms with Crippen LogP contribution in [0.5, 0.6) is 0 Å². The summed E-state index contributed by atoms with van der Waals surface area (Å²) in [5.74, 6) is -0.0585. The second-order valence-electron chi connectivity index (χ2n) is 5.92. The van der Waals surface area contributed by atoms with Crippen molar-refractivity contribution in [1.29, 1.82) is 0 Å². The van der Waals surface area contributed by atoms with Crippen molar-refractivity contribution >= 4 is 35.0 Å². The quantitative estimate of drug-likeness (QED) is 0.865. The molecule has 1 aliphatic heterocycles. The predicted molar refractivity (Wildman–Crippen MR) is 96.7 cm³/mol. The average Bonchev–Trinajstić information content (AvgIpc) is 2.58. The molecule has 1 unspecified atom stereocenters. The van der Waals surface area contributed by atoms with E-state index in [1.165, 1.54) is 0 Å². The number of carbonyl (C=O) groups excluding carboxylic acids is 2. The molecule has 24 heavy (non-hydrogen) atoms. The number of carbonyl (C=O) groups is 2. The molecule has 1 fully saturated rings. The van der Waals surface area contributed by atoms with E-state index in [2.05, 4.69) is 10.2 Å². The average molecular weight is 372 g/mol. The van der Waals surface area contributed by atoms with Crippen molar-refractivity contribution in [3.63, 3.8) is 0 Å². The maximum absolute atomic E-state index is 12.6. The molecular weight excluding hydrogens is 349 g/mol. The fraction of sp³-hybridized carbons (Fsp3) is 0.529. The van der Waals surface area contributed by atoms with E-state index in [0.29, 0.717) is 48.3 Å². The highest BCUT2D eigenvalue weighted by molar-refractivity contribution is 6.36. The molecule has 0 spiro atoms. The van der Waals surface area contributed by atoms with Crippen molar-refractivity contribution in [3.8, 4) is 0 Å². The largest absolute Gasteiger partial charge is 0.355 e. The molecule has 1 heterocycles. The maximum Gasteiger partial charge on any atom is 0.255 e. The Hall–Kier alpha value is -1.30. The van der Waals surface area contributed by atoms with Crippen LogP contribution in [0.2, 0.25) is 10.0 Å². The SMILES string of the molecule is CCCNC(=O)C(C)N1CCN(C(=O)c2ccc(Cl)cc2Cl)CC1. The van der Waals surface area contributed by atoms with Crippen LogP contribution in [-0.4, -0.2) is 60.4 Å². The molecule has 1 aliphatic rings. The van der Waals surface area contributed by atoms with E-state index in [4.69, 9.17) is 23.2 Å². The second-order valence-corrected chi connectivity index (χ2v) is 6.76. The summed E-state index contributed by atoms with van der Waals surface area (Å²) in [5.41, 5.74) is 0.461. The van der Waals surface area contributed by atoms with Crippen LogP contribution in [0, 0.1) is 0 Å². The molecule has 1 aromatic carbocycles. The molecule has 1 aromatic rings. The first-order valence-electron chi connectivity index (χ1n) is 8.20. The summed E-state index contributed by atoms with van der Waals surface area (Å²) in [4.78, 5) is 28.5. The van der Waals surface area contributed by atoms with Gasteiger partial charge in [0.15, 0.2) is 0 Å². The van der Waals surface area contributed by atoms with Crippen LogP contribution < -0.4 is 5.32 Å². The van der Waals surface area contributed by atoms with Gasteiger partial charge in [0.1, 0.15) is 0 Å². The molecule has 0 saturated carbocycles. The zero-order valence-electron chi connectivity index (χ0n) is 14.0. The van der Waals surface area contributed by atoms with Gasteiger partial charge in [-0.25, -0.2) is 0 Å². The summed E-state index contributed by atoms with van der Waals surface area (Å²) in [6.45, 7) is 7.09. The third-order valence-electron chi connectivity index (χ3n) is 4.24. The van der Waals surface area contributed by atoms with Crippen LogP contribution in [0.25, 0.3) is 0 Å². The second kappa shape index (κ2) is 8.70. The number of piperazine rings is 1. The Balaban J connectivity index is 1.92. The Bertz CT molecular complexity index is 601. The number of hydrogen-bond donors (Lipinski definition) is 1. The number of amides is 2. The van der Waals surface area contributed by atoms with E-state index < -0.39 is 0 Å². The predicted octanol–water partition coefficient (Wildman–Crippen LogP) is 2.67. The maximum atomic E-state index is 12.6. The molecule has 0 radical (unpaired) electrons. The molecule has 5 nitrogen and oxygen atoms in total. The molecule has 2 amide bonds. The first-order chi connectivity index (χ1) is 11.4. The molecule has 1 atom stereocenters. The van der Waals surface area contributed by atoms with Gasteiger partial charge in [-0.15, -0.1) is 0 Å². The van der Waals surface area contributed by atoms with Gasteiger partial charge < -0.3 is 10.2 Å². The smallest absolute Gasteiger partial charge is 0.255 e. The van der Waals surface area contributed by atoms with Crippen molar-refractivity contribution in [2.45, 2.75) is 26.3 Å². The minimum Gasteiger partial charge on any atom is -0.355 e. The van der Waals surface area contributed by atoms with Crippen LogP contribution in [0.1, 0.15) is 30.6 Å². The molecule has 132 valence electrons. The van der Waals surface area contributed by atoms with E-state index in [9.17, 15) is 9.59 Å². The molecule has 1 saturated heterocycles. The minimum absolute atomic E-state index is 0.0392. The number of rotatable bonds is 5. The van der Waals surface area contributed by atoms with Gasteiger partial charge in [0.25, 0.3) is 5.91 Å². The fourth-order valence-corrected chi connectivity index (χ4v) is 3.20. The highest BCUT2D eigenvalue weighted by Gasteiger charge is 2.28. The Morgan fingerprint density at radius 1 is 1.21 bits per heavy atom. The molecule has 7 heteroatoms. The molecule has 0 bridgehead atoms. The van der Waals surface area contributed by atoms with Crippen LogP contribution in [-0.2, 0) is 4.79 Å². The number of hydrogen-bond acceptors (Lipinski definition) is 3. The Kier molecular flexibility index (Phi) is 6.90. The van der Waals surface area contributed by atoms with E-state index >= 15 is 0 Å². The zero-order chi connectivity index (χ0) is 17.7. The van der Waals surface area contributed by atoms with Gasteiger partial charge in [0.05, 0.1) is 16.6 Å². The molecule has 2 rings (SSSR count). The third kappa shape index (κ3) is 4.62. The van der Waals surface area contributed by atoms with Crippen molar-refractivity contribution in [2.24, 2.45) is 0 Å². The summed E-state index contributed by atoms with van der Waals surface area (Å²) in [5, 5.41) is 3.78. The van der Waals surface area contributed by atoms with Crippen molar-refractivity contribution in [2.75, 3.05) is 32.7 Å². The summed E-state index contributed by atoms with van der Waals surface area (Å²) in [7, 11) is 0.